The predicted octanol–water partition coefficient (Wildman–Crippen LogP) is 7.77. The van der Waals surface area contributed by atoms with E-state index in [-0.39, 0.29) is 0 Å². The molecular formula is C27H21N. The lowest BCUT2D eigenvalue weighted by Gasteiger charge is -2.28. The highest BCUT2D eigenvalue weighted by atomic mass is 15.1. The molecule has 0 aromatic heterocycles. The standard InChI is InChI=1S/C27H21N/c1-20-10-5-8-16-26(20)28(22-12-3-2-4-13-22)27-17-9-15-24-23-14-7-6-11-21(23)18-19-25(24)27/h2-19H,1H3. The summed E-state index contributed by atoms with van der Waals surface area (Å²) in [5, 5.41) is 5.10. The Morgan fingerprint density at radius 3 is 2.00 bits per heavy atom. The minimum atomic E-state index is 1.16. The van der Waals surface area contributed by atoms with E-state index in [1.54, 1.807) is 0 Å². The Morgan fingerprint density at radius 2 is 1.14 bits per heavy atom. The van der Waals surface area contributed by atoms with Crippen LogP contribution in [0.15, 0.2) is 109 Å². The van der Waals surface area contributed by atoms with Crippen LogP contribution >= 0.6 is 0 Å². The van der Waals surface area contributed by atoms with Crippen LogP contribution in [0.5, 0.6) is 0 Å². The molecule has 0 aliphatic carbocycles. The molecule has 134 valence electrons. The maximum absolute atomic E-state index is 2.37. The van der Waals surface area contributed by atoms with E-state index in [0.717, 1.165) is 5.69 Å². The monoisotopic (exact) mass is 359 g/mol. The molecule has 0 saturated carbocycles. The van der Waals surface area contributed by atoms with Gasteiger partial charge in [0.25, 0.3) is 0 Å². The summed E-state index contributed by atoms with van der Waals surface area (Å²) >= 11 is 0. The summed E-state index contributed by atoms with van der Waals surface area (Å²) in [4.78, 5) is 2.37. The zero-order chi connectivity index (χ0) is 18.9. The van der Waals surface area contributed by atoms with E-state index < -0.39 is 0 Å². The summed E-state index contributed by atoms with van der Waals surface area (Å²) in [6.07, 6.45) is 0. The van der Waals surface area contributed by atoms with E-state index in [9.17, 15) is 0 Å². The Bertz CT molecular complexity index is 1270. The summed E-state index contributed by atoms with van der Waals surface area (Å²) in [7, 11) is 0. The zero-order valence-electron chi connectivity index (χ0n) is 15.8. The van der Waals surface area contributed by atoms with Gasteiger partial charge in [-0.2, -0.15) is 0 Å². The first kappa shape index (κ1) is 16.6. The van der Waals surface area contributed by atoms with Crippen molar-refractivity contribution in [3.05, 3.63) is 115 Å². The average Bonchev–Trinajstić information content (AvgIpc) is 2.76. The summed E-state index contributed by atoms with van der Waals surface area (Å²) in [6.45, 7) is 2.17. The summed E-state index contributed by atoms with van der Waals surface area (Å²) in [5.41, 5.74) is 4.82. The van der Waals surface area contributed by atoms with Crippen molar-refractivity contribution in [2.75, 3.05) is 4.90 Å². The summed E-state index contributed by atoms with van der Waals surface area (Å²) < 4.78 is 0. The Hall–Kier alpha value is -3.58. The second-order valence-electron chi connectivity index (χ2n) is 7.12. The van der Waals surface area contributed by atoms with Gasteiger partial charge < -0.3 is 4.90 Å². The molecule has 0 bridgehead atoms. The largest absolute Gasteiger partial charge is 0.310 e. The fourth-order valence-electron chi connectivity index (χ4n) is 4.02. The quantitative estimate of drug-likeness (QED) is 0.297. The predicted molar refractivity (Wildman–Crippen MR) is 121 cm³/mol. The van der Waals surface area contributed by atoms with E-state index >= 15 is 0 Å². The van der Waals surface area contributed by atoms with Crippen molar-refractivity contribution in [2.45, 2.75) is 6.92 Å². The molecule has 5 rings (SSSR count). The molecule has 0 amide bonds. The van der Waals surface area contributed by atoms with E-state index in [0.29, 0.717) is 0 Å². The molecule has 0 aliphatic heterocycles. The lowest BCUT2D eigenvalue weighted by Crippen LogP contribution is -2.11. The highest BCUT2D eigenvalue weighted by Crippen LogP contribution is 2.41. The molecule has 0 radical (unpaired) electrons. The minimum Gasteiger partial charge on any atom is -0.310 e. The van der Waals surface area contributed by atoms with Crippen LogP contribution in [0.3, 0.4) is 0 Å². The first-order valence-electron chi connectivity index (χ1n) is 9.64. The second-order valence-corrected chi connectivity index (χ2v) is 7.12. The van der Waals surface area contributed by atoms with Crippen LogP contribution in [-0.4, -0.2) is 0 Å². The van der Waals surface area contributed by atoms with E-state index in [4.69, 9.17) is 0 Å². The molecular weight excluding hydrogens is 338 g/mol. The molecule has 0 spiro atoms. The van der Waals surface area contributed by atoms with E-state index in [1.807, 2.05) is 0 Å². The summed E-state index contributed by atoms with van der Waals surface area (Å²) in [5.74, 6) is 0. The first-order chi connectivity index (χ1) is 13.8. The molecule has 0 N–H and O–H groups in total. The summed E-state index contributed by atoms with van der Waals surface area (Å²) in [6, 6.07) is 38.9. The first-order valence-corrected chi connectivity index (χ1v) is 9.64. The third-order valence-electron chi connectivity index (χ3n) is 5.38. The molecule has 0 saturated heterocycles. The SMILES string of the molecule is Cc1ccccc1N(c1ccccc1)c1cccc2c1ccc1ccccc12. The Balaban J connectivity index is 1.84. The normalized spacial score (nSPS) is 11.0. The van der Waals surface area contributed by atoms with Gasteiger partial charge >= 0.3 is 0 Å². The van der Waals surface area contributed by atoms with E-state index in [2.05, 4.69) is 121 Å². The Kier molecular flexibility index (Phi) is 4.06. The number of para-hydroxylation sites is 2. The molecule has 0 aliphatic rings. The van der Waals surface area contributed by atoms with Crippen LogP contribution in [0, 0.1) is 6.92 Å². The average molecular weight is 359 g/mol. The highest BCUT2D eigenvalue weighted by Gasteiger charge is 2.16. The van der Waals surface area contributed by atoms with Crippen molar-refractivity contribution in [2.24, 2.45) is 0 Å². The Labute approximate surface area is 165 Å². The number of nitrogens with zero attached hydrogens (tertiary/aromatic N) is 1. The second kappa shape index (κ2) is 6.86. The van der Waals surface area contributed by atoms with Crippen LogP contribution < -0.4 is 4.90 Å². The molecule has 28 heavy (non-hydrogen) atoms. The van der Waals surface area contributed by atoms with Gasteiger partial charge in [0, 0.05) is 16.8 Å². The van der Waals surface area contributed by atoms with Gasteiger partial charge in [-0.05, 0) is 52.9 Å². The number of rotatable bonds is 3. The number of benzene rings is 5. The minimum absolute atomic E-state index is 1.16. The van der Waals surface area contributed by atoms with Crippen LogP contribution in [-0.2, 0) is 0 Å². The van der Waals surface area contributed by atoms with Gasteiger partial charge in [-0.1, -0.05) is 84.9 Å². The van der Waals surface area contributed by atoms with Gasteiger partial charge in [0.1, 0.15) is 0 Å². The zero-order valence-corrected chi connectivity index (χ0v) is 15.8. The fraction of sp³-hybridized carbons (Fsp3) is 0.0370. The highest BCUT2D eigenvalue weighted by molar-refractivity contribution is 6.12. The van der Waals surface area contributed by atoms with Crippen molar-refractivity contribution < 1.29 is 0 Å². The van der Waals surface area contributed by atoms with Gasteiger partial charge in [-0.15, -0.1) is 0 Å². The molecule has 5 aromatic rings. The molecule has 0 heterocycles. The number of anilines is 3. The van der Waals surface area contributed by atoms with Crippen molar-refractivity contribution in [1.82, 2.24) is 0 Å². The topological polar surface area (TPSA) is 3.24 Å². The Morgan fingerprint density at radius 1 is 0.464 bits per heavy atom. The number of fused-ring (bicyclic) bond motifs is 3. The molecule has 0 fully saturated rings. The van der Waals surface area contributed by atoms with Crippen molar-refractivity contribution in [1.29, 1.82) is 0 Å². The van der Waals surface area contributed by atoms with Crippen LogP contribution in [0.2, 0.25) is 0 Å². The third-order valence-corrected chi connectivity index (χ3v) is 5.38. The van der Waals surface area contributed by atoms with Crippen molar-refractivity contribution >= 4 is 38.6 Å². The lowest BCUT2D eigenvalue weighted by molar-refractivity contribution is 1.26. The third kappa shape index (κ3) is 2.73. The van der Waals surface area contributed by atoms with Gasteiger partial charge in [-0.25, -0.2) is 0 Å². The van der Waals surface area contributed by atoms with Crippen LogP contribution in [0.4, 0.5) is 17.1 Å². The number of hydrogen-bond acceptors (Lipinski definition) is 1. The van der Waals surface area contributed by atoms with Crippen LogP contribution in [0.25, 0.3) is 21.5 Å². The van der Waals surface area contributed by atoms with Gasteiger partial charge in [0.15, 0.2) is 0 Å². The maximum Gasteiger partial charge on any atom is 0.0540 e. The van der Waals surface area contributed by atoms with Crippen LogP contribution in [0.1, 0.15) is 5.56 Å². The molecule has 1 nitrogen and oxygen atoms in total. The van der Waals surface area contributed by atoms with Gasteiger partial charge in [-0.3, -0.25) is 0 Å². The molecule has 0 atom stereocenters. The molecule has 1 heteroatoms. The maximum atomic E-state index is 2.37. The molecule has 5 aromatic carbocycles. The van der Waals surface area contributed by atoms with E-state index in [1.165, 1.54) is 38.5 Å². The number of hydrogen-bond donors (Lipinski definition) is 0. The fourth-order valence-corrected chi connectivity index (χ4v) is 4.02. The van der Waals surface area contributed by atoms with Gasteiger partial charge in [0.2, 0.25) is 0 Å². The van der Waals surface area contributed by atoms with Crippen molar-refractivity contribution in [3.8, 4) is 0 Å². The lowest BCUT2D eigenvalue weighted by atomic mass is 9.99. The van der Waals surface area contributed by atoms with Crippen molar-refractivity contribution in [3.63, 3.8) is 0 Å². The smallest absolute Gasteiger partial charge is 0.0540 e. The van der Waals surface area contributed by atoms with Gasteiger partial charge in [0.05, 0.1) is 5.69 Å². The molecule has 0 unspecified atom stereocenters. The number of aryl methyl sites for hydroxylation is 1.